The molecule has 0 unspecified atom stereocenters. The number of fused-ring (bicyclic) bond motifs is 1. The second kappa shape index (κ2) is 37.6. The molecule has 1 aromatic rings. The number of rotatable bonds is 6. The first kappa shape index (κ1) is 51.0. The third-order valence-corrected chi connectivity index (χ3v) is 7.04. The van der Waals surface area contributed by atoms with Crippen molar-refractivity contribution in [1.82, 2.24) is 0 Å². The molecule has 234 valence electrons. The van der Waals surface area contributed by atoms with E-state index in [-0.39, 0.29) is 152 Å². The number of thioether (sulfide) groups is 1. The molecule has 0 amide bonds. The molecule has 2 aliphatic carbocycles. The van der Waals surface area contributed by atoms with Gasteiger partial charge in [0, 0.05) is 29.1 Å². The first-order valence-electron chi connectivity index (χ1n) is 12.5. The van der Waals surface area contributed by atoms with E-state index in [1.54, 1.807) is 13.8 Å². The fraction of sp³-hybridized carbons (Fsp3) is 0.560. The van der Waals surface area contributed by atoms with E-state index >= 15 is 0 Å². The topological polar surface area (TPSA) is 153 Å². The van der Waals surface area contributed by atoms with Crippen LogP contribution in [-0.4, -0.2) is 72.6 Å². The number of carbonyl (C=O) groups is 6. The van der Waals surface area contributed by atoms with E-state index in [0.29, 0.717) is 37.4 Å². The number of hydrogen-bond acceptors (Lipinski definition) is 14. The molecule has 0 saturated heterocycles. The van der Waals surface area contributed by atoms with Crippen LogP contribution >= 0.6 is 59.1 Å². The summed E-state index contributed by atoms with van der Waals surface area (Å²) in [4.78, 5) is 66.6. The van der Waals surface area contributed by atoms with Crippen LogP contribution in [0.2, 0.25) is 0 Å². The maximum atomic E-state index is 11.9. The summed E-state index contributed by atoms with van der Waals surface area (Å²) in [5, 5.41) is 8.43. The second-order valence-corrected chi connectivity index (χ2v) is 10.1. The van der Waals surface area contributed by atoms with Gasteiger partial charge in [0.2, 0.25) is 0 Å². The third kappa shape index (κ3) is 26.9. The minimum Gasteiger partial charge on any atom is -1.00 e. The maximum absolute atomic E-state index is 11.9. The van der Waals surface area contributed by atoms with Crippen LogP contribution in [0.15, 0.2) is 4.21 Å². The van der Waals surface area contributed by atoms with Crippen molar-refractivity contribution >= 4 is 99.2 Å². The van der Waals surface area contributed by atoms with Crippen molar-refractivity contribution in [3.8, 4) is 0 Å². The standard InChI is InChI=1S/C12H14O3S2.C6H8O2.C4H7ClO2.CH3F.CH2O3.CS2.2K.H/c1-3-15-11(14)10-7-5-4-6-8(13)9(7)12(16-2)17-10;7-5-2-1-3-6(8)4-5;1-2-7-4(6)3-5;1-2;2-1-4-3;2-1-3;;;/h3-6H2,1-2H3;1-4H2;2-3H2,1H3;1H3;1,3H;;;;/q;;;;;;2*+1;-1/p-1/i;;;1D;;;;;. The van der Waals surface area contributed by atoms with Crippen molar-refractivity contribution in [3.63, 3.8) is 0 Å². The van der Waals surface area contributed by atoms with Crippen LogP contribution in [0.4, 0.5) is 4.39 Å². The quantitative estimate of drug-likeness (QED) is 0.0394. The van der Waals surface area contributed by atoms with Gasteiger partial charge in [-0.2, -0.15) is 0 Å². The molecule has 0 N–H and O–H groups in total. The Balaban J connectivity index is -0.000000116. The summed E-state index contributed by atoms with van der Waals surface area (Å²) in [6, 6.07) is 0. The Hall–Kier alpha value is 1.14. The Morgan fingerprint density at radius 1 is 1.12 bits per heavy atom. The second-order valence-electron chi connectivity index (χ2n) is 7.10. The van der Waals surface area contributed by atoms with Crippen LogP contribution in [0, 0.1) is 0 Å². The van der Waals surface area contributed by atoms with Crippen LogP contribution in [-0.2, 0) is 40.0 Å². The Morgan fingerprint density at radius 3 is 1.91 bits per heavy atom. The molecular formula is C25H34ClFK2O10S4. The fourth-order valence-corrected chi connectivity index (χ4v) is 5.19. The summed E-state index contributed by atoms with van der Waals surface area (Å²) in [5.41, 5.74) is 1.69. The van der Waals surface area contributed by atoms with Gasteiger partial charge in [-0.3, -0.25) is 28.4 Å². The molecule has 43 heavy (non-hydrogen) atoms. The molecule has 0 aromatic carbocycles. The van der Waals surface area contributed by atoms with E-state index in [0.717, 1.165) is 34.6 Å². The molecule has 3 rings (SSSR count). The summed E-state index contributed by atoms with van der Waals surface area (Å²) in [6.07, 6.45) is 6.38. The monoisotopic (exact) mass is 755 g/mol. The van der Waals surface area contributed by atoms with Gasteiger partial charge in [-0.1, -0.05) is 0 Å². The van der Waals surface area contributed by atoms with E-state index in [9.17, 15) is 28.4 Å². The van der Waals surface area contributed by atoms with Crippen LogP contribution in [0.5, 0.6) is 0 Å². The van der Waals surface area contributed by atoms with Crippen molar-refractivity contribution in [2.45, 2.75) is 63.0 Å². The van der Waals surface area contributed by atoms with Gasteiger partial charge in [0.15, 0.2) is 5.78 Å². The number of ether oxygens (including phenoxy) is 2. The van der Waals surface area contributed by atoms with Gasteiger partial charge in [0.25, 0.3) is 6.47 Å². The largest absolute Gasteiger partial charge is 1.00 e. The van der Waals surface area contributed by atoms with Crippen molar-refractivity contribution in [2.75, 3.05) is 32.5 Å². The molecule has 1 fully saturated rings. The first-order valence-corrected chi connectivity index (χ1v) is 15.1. The summed E-state index contributed by atoms with van der Waals surface area (Å²) in [6.45, 7) is 4.13. The predicted octanol–water partition coefficient (Wildman–Crippen LogP) is -1.19. The van der Waals surface area contributed by atoms with Gasteiger partial charge in [0.1, 0.15) is 22.3 Å². The predicted molar refractivity (Wildman–Crippen MR) is 161 cm³/mol. The molecule has 18 heteroatoms. The summed E-state index contributed by atoms with van der Waals surface area (Å²) in [7, 11) is -1.00. The molecule has 2 aliphatic rings. The summed E-state index contributed by atoms with van der Waals surface area (Å²) in [5.74, 6) is -0.300. The number of hydrogen-bond donors (Lipinski definition) is 0. The molecule has 1 heterocycles. The Morgan fingerprint density at radius 2 is 1.58 bits per heavy atom. The molecule has 10 nitrogen and oxygen atoms in total. The van der Waals surface area contributed by atoms with E-state index in [2.05, 4.69) is 34.1 Å². The van der Waals surface area contributed by atoms with Crippen LogP contribution in [0.25, 0.3) is 0 Å². The van der Waals surface area contributed by atoms with Crippen molar-refractivity contribution in [1.29, 1.82) is 0 Å². The zero-order valence-corrected chi connectivity index (χ0v) is 35.1. The molecule has 0 spiro atoms. The average molecular weight is 756 g/mol. The van der Waals surface area contributed by atoms with Gasteiger partial charge in [0.05, 0.1) is 32.4 Å². The molecule has 1 saturated carbocycles. The van der Waals surface area contributed by atoms with E-state index in [1.807, 2.05) is 10.6 Å². The molecule has 1 aromatic heterocycles. The fourth-order valence-electron chi connectivity index (χ4n) is 3.10. The zero-order valence-electron chi connectivity index (χ0n) is 26.8. The van der Waals surface area contributed by atoms with Gasteiger partial charge in [-0.15, -0.1) is 34.7 Å². The van der Waals surface area contributed by atoms with Crippen molar-refractivity contribution < 1.29 is 158 Å². The minimum atomic E-state index is -1.00. The molecule has 0 bridgehead atoms. The number of alkyl halides is 2. The number of thiophene rings is 1. The van der Waals surface area contributed by atoms with Gasteiger partial charge < -0.3 is 21.0 Å². The molecule has 0 aliphatic heterocycles. The summed E-state index contributed by atoms with van der Waals surface area (Å²) < 4.78 is 27.8. The third-order valence-electron chi connectivity index (χ3n) is 4.49. The number of carbonyl (C=O) groups excluding carboxylic acids is 6. The van der Waals surface area contributed by atoms with Gasteiger partial charge >= 0.3 is 115 Å². The molecular weight excluding hydrogens is 721 g/mol. The van der Waals surface area contributed by atoms with Crippen molar-refractivity contribution in [3.05, 3.63) is 16.0 Å². The number of thiocarbonyl (C=S) groups is 2. The van der Waals surface area contributed by atoms with Crippen molar-refractivity contribution in [2.24, 2.45) is 0 Å². The van der Waals surface area contributed by atoms with E-state index < -0.39 is 7.15 Å². The number of esters is 2. The molecule has 0 atom stereocenters. The maximum Gasteiger partial charge on any atom is 1.00 e. The zero-order chi connectivity index (χ0) is 32.9. The Kier molecular flexibility index (Phi) is 44.6. The van der Waals surface area contributed by atoms with Gasteiger partial charge in [-0.05, 0) is 69.4 Å². The summed E-state index contributed by atoms with van der Waals surface area (Å²) >= 11 is 15.9. The minimum absolute atomic E-state index is 0. The van der Waals surface area contributed by atoms with Gasteiger partial charge in [-0.25, -0.2) is 4.79 Å². The Labute approximate surface area is 363 Å². The van der Waals surface area contributed by atoms with Crippen LogP contribution in [0.1, 0.15) is 80.8 Å². The number of halogens is 2. The number of ketones is 3. The molecule has 0 radical (unpaired) electrons. The Bertz CT molecular complexity index is 1020. The van der Waals surface area contributed by atoms with Crippen LogP contribution in [0.3, 0.4) is 0 Å². The smallest absolute Gasteiger partial charge is 1.00 e. The first-order chi connectivity index (χ1) is 20.0. The number of Topliss-reactive ketones (excluding diaryl/α,β-unsaturated/α-hetero) is 3. The average Bonchev–Trinajstić information content (AvgIpc) is 3.35. The SMILES string of the molecule is CCOC(=O)CCl.CCOC(=O)c1sc(SC)c2c1CCCC2=O.O=C1CCCC(=O)C1.O=CO[O-].S=C=S.[2H]CF.[H-].[K+].[K+]. The normalized spacial score (nSPS) is 12.2. The van der Waals surface area contributed by atoms with E-state index in [1.165, 1.54) is 23.1 Å². The van der Waals surface area contributed by atoms with Crippen LogP contribution < -0.4 is 108 Å². The van der Waals surface area contributed by atoms with E-state index in [4.69, 9.17) is 27.8 Å².